The van der Waals surface area contributed by atoms with Gasteiger partial charge in [0.25, 0.3) is 0 Å². The van der Waals surface area contributed by atoms with E-state index in [1.165, 1.54) is 6.33 Å². The van der Waals surface area contributed by atoms with Crippen LogP contribution in [0.1, 0.15) is 18.4 Å². The molecule has 6 heteroatoms. The highest BCUT2D eigenvalue weighted by atomic mass is 16.5. The molecule has 0 bridgehead atoms. The molecule has 0 saturated carbocycles. The molecule has 0 aliphatic carbocycles. The molecular weight excluding hydrogens is 318 g/mol. The van der Waals surface area contributed by atoms with E-state index in [1.807, 2.05) is 35.2 Å². The van der Waals surface area contributed by atoms with Crippen molar-refractivity contribution in [3.63, 3.8) is 0 Å². The van der Waals surface area contributed by atoms with Crippen LogP contribution in [0.4, 0.5) is 0 Å². The molecule has 1 aromatic carbocycles. The second-order valence-electron chi connectivity index (χ2n) is 5.82. The Morgan fingerprint density at radius 3 is 2.84 bits per heavy atom. The van der Waals surface area contributed by atoms with Gasteiger partial charge in [0.15, 0.2) is 0 Å². The number of ether oxygens (including phenoxy) is 2. The molecule has 25 heavy (non-hydrogen) atoms. The van der Waals surface area contributed by atoms with Gasteiger partial charge in [0.2, 0.25) is 11.8 Å². The Hall–Kier alpha value is -2.89. The first-order chi connectivity index (χ1) is 12.2. The molecule has 0 unspecified atom stereocenters. The highest BCUT2D eigenvalue weighted by Gasteiger charge is 2.23. The molecule has 1 amide bonds. The second kappa shape index (κ2) is 8.28. The molecule has 0 spiro atoms. The number of likely N-dealkylation sites (tertiary alicyclic amines) is 1. The van der Waals surface area contributed by atoms with E-state index in [2.05, 4.69) is 9.97 Å². The maximum absolute atomic E-state index is 12.4. The lowest BCUT2D eigenvalue weighted by molar-refractivity contribution is -0.128. The third-order valence-electron chi connectivity index (χ3n) is 4.07. The van der Waals surface area contributed by atoms with E-state index in [9.17, 15) is 4.79 Å². The van der Waals surface area contributed by atoms with Crippen molar-refractivity contribution in [1.82, 2.24) is 14.9 Å². The first-order valence-corrected chi connectivity index (χ1v) is 8.28. The first-order valence-electron chi connectivity index (χ1n) is 8.28. The van der Waals surface area contributed by atoms with E-state index < -0.39 is 0 Å². The van der Waals surface area contributed by atoms with Crippen molar-refractivity contribution in [2.45, 2.75) is 18.9 Å². The van der Waals surface area contributed by atoms with Crippen molar-refractivity contribution in [2.75, 3.05) is 20.2 Å². The van der Waals surface area contributed by atoms with Crippen LogP contribution in [0.25, 0.3) is 6.08 Å². The number of carbonyl (C=O) groups excluding carboxylic acids is 1. The monoisotopic (exact) mass is 339 g/mol. The maximum Gasteiger partial charge on any atom is 0.246 e. The van der Waals surface area contributed by atoms with Crippen LogP contribution in [-0.2, 0) is 4.79 Å². The van der Waals surface area contributed by atoms with E-state index >= 15 is 0 Å². The summed E-state index contributed by atoms with van der Waals surface area (Å²) in [5.74, 6) is 1.33. The molecule has 2 heterocycles. The average molecular weight is 339 g/mol. The quantitative estimate of drug-likeness (QED) is 0.784. The van der Waals surface area contributed by atoms with Gasteiger partial charge in [-0.15, -0.1) is 0 Å². The summed E-state index contributed by atoms with van der Waals surface area (Å²) in [7, 11) is 1.63. The smallest absolute Gasteiger partial charge is 0.246 e. The minimum absolute atomic E-state index is 0.00759. The van der Waals surface area contributed by atoms with Gasteiger partial charge in [0, 0.05) is 24.9 Å². The van der Waals surface area contributed by atoms with E-state index in [-0.39, 0.29) is 12.0 Å². The van der Waals surface area contributed by atoms with E-state index in [1.54, 1.807) is 25.4 Å². The van der Waals surface area contributed by atoms with E-state index in [0.717, 1.165) is 30.7 Å². The summed E-state index contributed by atoms with van der Waals surface area (Å²) < 4.78 is 11.0. The van der Waals surface area contributed by atoms with Crippen molar-refractivity contribution >= 4 is 12.0 Å². The Balaban J connectivity index is 1.56. The zero-order valence-electron chi connectivity index (χ0n) is 14.2. The van der Waals surface area contributed by atoms with Crippen molar-refractivity contribution in [3.05, 3.63) is 54.5 Å². The van der Waals surface area contributed by atoms with Gasteiger partial charge >= 0.3 is 0 Å². The predicted molar refractivity (Wildman–Crippen MR) is 94.3 cm³/mol. The van der Waals surface area contributed by atoms with Gasteiger partial charge in [-0.3, -0.25) is 4.79 Å². The molecule has 0 N–H and O–H groups in total. The topological polar surface area (TPSA) is 64.5 Å². The van der Waals surface area contributed by atoms with Gasteiger partial charge in [-0.25, -0.2) is 9.97 Å². The number of amides is 1. The molecule has 1 atom stereocenters. The van der Waals surface area contributed by atoms with E-state index in [0.29, 0.717) is 12.4 Å². The van der Waals surface area contributed by atoms with Crippen molar-refractivity contribution in [1.29, 1.82) is 0 Å². The van der Waals surface area contributed by atoms with E-state index in [4.69, 9.17) is 9.47 Å². The van der Waals surface area contributed by atoms with Crippen LogP contribution in [0.2, 0.25) is 0 Å². The van der Waals surface area contributed by atoms with Crippen LogP contribution < -0.4 is 9.47 Å². The molecule has 1 aliphatic rings. The SMILES string of the molecule is COc1ccc(/C=C/C(=O)N2CCC[C@@H](Oc3ccncn3)C2)cc1. The summed E-state index contributed by atoms with van der Waals surface area (Å²) in [6.07, 6.45) is 8.31. The van der Waals surface area contributed by atoms with Gasteiger partial charge in [-0.05, 0) is 36.6 Å². The van der Waals surface area contributed by atoms with Crippen LogP contribution in [0.15, 0.2) is 48.9 Å². The summed E-state index contributed by atoms with van der Waals surface area (Å²) in [6, 6.07) is 9.30. The number of nitrogens with zero attached hydrogens (tertiary/aromatic N) is 3. The van der Waals surface area contributed by atoms with Crippen LogP contribution in [0.5, 0.6) is 11.6 Å². The Kier molecular flexibility index (Phi) is 5.61. The first kappa shape index (κ1) is 17.0. The van der Waals surface area contributed by atoms with Crippen molar-refractivity contribution in [3.8, 4) is 11.6 Å². The fourth-order valence-electron chi connectivity index (χ4n) is 2.74. The van der Waals surface area contributed by atoms with Gasteiger partial charge in [-0.1, -0.05) is 12.1 Å². The number of hydrogen-bond acceptors (Lipinski definition) is 5. The number of hydrogen-bond donors (Lipinski definition) is 0. The molecule has 3 rings (SSSR count). The van der Waals surface area contributed by atoms with Gasteiger partial charge < -0.3 is 14.4 Å². The lowest BCUT2D eigenvalue weighted by Gasteiger charge is -2.31. The number of piperidine rings is 1. The average Bonchev–Trinajstić information content (AvgIpc) is 2.67. The Bertz CT molecular complexity index is 716. The zero-order chi connectivity index (χ0) is 17.5. The Labute approximate surface area is 147 Å². The highest BCUT2D eigenvalue weighted by molar-refractivity contribution is 5.91. The van der Waals surface area contributed by atoms with Gasteiger partial charge in [-0.2, -0.15) is 0 Å². The molecule has 0 radical (unpaired) electrons. The number of carbonyl (C=O) groups is 1. The number of benzene rings is 1. The number of aromatic nitrogens is 2. The van der Waals surface area contributed by atoms with Crippen LogP contribution in [0.3, 0.4) is 0 Å². The Morgan fingerprint density at radius 1 is 1.28 bits per heavy atom. The normalized spacial score (nSPS) is 17.5. The highest BCUT2D eigenvalue weighted by Crippen LogP contribution is 2.17. The molecule has 1 saturated heterocycles. The molecular formula is C19H21N3O3. The van der Waals surface area contributed by atoms with Crippen LogP contribution in [-0.4, -0.2) is 47.1 Å². The van der Waals surface area contributed by atoms with Gasteiger partial charge in [0.05, 0.1) is 13.7 Å². The third kappa shape index (κ3) is 4.79. The largest absolute Gasteiger partial charge is 0.497 e. The molecule has 130 valence electrons. The molecule has 2 aromatic rings. The second-order valence-corrected chi connectivity index (χ2v) is 5.82. The molecule has 1 aliphatic heterocycles. The summed E-state index contributed by atoms with van der Waals surface area (Å²) in [5, 5.41) is 0. The van der Waals surface area contributed by atoms with Gasteiger partial charge in [0.1, 0.15) is 18.2 Å². The van der Waals surface area contributed by atoms with Crippen LogP contribution >= 0.6 is 0 Å². The number of methoxy groups -OCH3 is 1. The standard InChI is InChI=1S/C19H21N3O3/c1-24-16-7-4-15(5-8-16)6-9-19(23)22-12-2-3-17(13-22)25-18-10-11-20-14-21-18/h4-11,14,17H,2-3,12-13H2,1H3/b9-6+/t17-/m1/s1. The lowest BCUT2D eigenvalue weighted by Crippen LogP contribution is -2.43. The minimum Gasteiger partial charge on any atom is -0.497 e. The Morgan fingerprint density at radius 2 is 2.12 bits per heavy atom. The summed E-state index contributed by atoms with van der Waals surface area (Å²) in [5.41, 5.74) is 0.958. The molecule has 6 nitrogen and oxygen atoms in total. The van der Waals surface area contributed by atoms with Crippen molar-refractivity contribution in [2.24, 2.45) is 0 Å². The summed E-state index contributed by atoms with van der Waals surface area (Å²) >= 11 is 0. The summed E-state index contributed by atoms with van der Waals surface area (Å²) in [6.45, 7) is 1.31. The summed E-state index contributed by atoms with van der Waals surface area (Å²) in [4.78, 5) is 22.2. The zero-order valence-corrected chi connectivity index (χ0v) is 14.2. The fraction of sp³-hybridized carbons (Fsp3) is 0.316. The minimum atomic E-state index is -0.0398. The van der Waals surface area contributed by atoms with Crippen molar-refractivity contribution < 1.29 is 14.3 Å². The molecule has 1 aromatic heterocycles. The maximum atomic E-state index is 12.4. The third-order valence-corrected chi connectivity index (χ3v) is 4.07. The number of rotatable bonds is 5. The predicted octanol–water partition coefficient (Wildman–Crippen LogP) is 2.57. The lowest BCUT2D eigenvalue weighted by atomic mass is 10.1. The fourth-order valence-corrected chi connectivity index (χ4v) is 2.74. The molecule has 1 fully saturated rings. The van der Waals surface area contributed by atoms with Crippen LogP contribution in [0, 0.1) is 0 Å².